The molecule has 0 aliphatic carbocycles. The molecule has 10 heteroatoms. The zero-order valence-corrected chi connectivity index (χ0v) is 27.7. The van der Waals surface area contributed by atoms with Crippen molar-refractivity contribution in [2.75, 3.05) is 0 Å². The van der Waals surface area contributed by atoms with E-state index < -0.39 is 30.4 Å². The Bertz CT molecular complexity index is 1650. The van der Waals surface area contributed by atoms with Gasteiger partial charge in [-0.25, -0.2) is 4.39 Å². The first-order chi connectivity index (χ1) is 21.1. The van der Waals surface area contributed by atoms with Crippen LogP contribution >= 0.6 is 0 Å². The standard InChI is InChI=1S/C35H36FN3O5.Na/c1-22(2)39-30(16-15-28(40)18-29(41)19-31(42)43)32(26-11-13-27(36)14-12-26)33(25-9-4-3-5-10-25)34(39)35(44)38-21-24-8-6-7-23(17-24)20-37;/h3-14,17,22,28-29,40-41H,15-16,18-19,21H2,1-2H3,(H,38,44)(H,42,43);/q;+1/p-1/t28-,29-;/m1./s1. The van der Waals surface area contributed by atoms with Crippen molar-refractivity contribution in [1.82, 2.24) is 9.88 Å². The summed E-state index contributed by atoms with van der Waals surface area (Å²) in [6.45, 7) is 4.07. The van der Waals surface area contributed by atoms with E-state index in [4.69, 9.17) is 0 Å². The van der Waals surface area contributed by atoms with E-state index >= 15 is 0 Å². The summed E-state index contributed by atoms with van der Waals surface area (Å²) in [5.74, 6) is -2.16. The molecule has 0 aliphatic rings. The number of halogens is 1. The van der Waals surface area contributed by atoms with E-state index in [1.807, 2.05) is 54.8 Å². The first-order valence-electron chi connectivity index (χ1n) is 14.5. The summed E-state index contributed by atoms with van der Waals surface area (Å²) in [6.07, 6.45) is -2.56. The van der Waals surface area contributed by atoms with Gasteiger partial charge in [-0.15, -0.1) is 0 Å². The van der Waals surface area contributed by atoms with E-state index in [1.165, 1.54) is 12.1 Å². The fourth-order valence-electron chi connectivity index (χ4n) is 5.52. The van der Waals surface area contributed by atoms with E-state index in [1.54, 1.807) is 30.3 Å². The molecule has 0 unspecified atom stereocenters. The van der Waals surface area contributed by atoms with Gasteiger partial charge in [-0.05, 0) is 74.1 Å². The van der Waals surface area contributed by atoms with Gasteiger partial charge in [0.05, 0.1) is 23.8 Å². The molecular weight excluding hydrogens is 584 g/mol. The summed E-state index contributed by atoms with van der Waals surface area (Å²) in [4.78, 5) is 25.0. The van der Waals surface area contributed by atoms with Crippen molar-refractivity contribution in [2.45, 2.75) is 64.3 Å². The number of nitrogens with one attached hydrogen (secondary N) is 1. The summed E-state index contributed by atoms with van der Waals surface area (Å²) < 4.78 is 16.0. The Labute approximate surface area is 284 Å². The predicted octanol–water partition coefficient (Wildman–Crippen LogP) is 1.53. The number of carboxylic acids is 1. The van der Waals surface area contributed by atoms with Crippen LogP contribution in [0.2, 0.25) is 0 Å². The van der Waals surface area contributed by atoms with E-state index in [9.17, 15) is 34.6 Å². The van der Waals surface area contributed by atoms with Crippen LogP contribution in [0.5, 0.6) is 0 Å². The summed E-state index contributed by atoms with van der Waals surface area (Å²) in [7, 11) is 0. The van der Waals surface area contributed by atoms with Crippen molar-refractivity contribution in [3.63, 3.8) is 0 Å². The van der Waals surface area contributed by atoms with Crippen LogP contribution in [0, 0.1) is 17.1 Å². The molecule has 4 aromatic rings. The van der Waals surface area contributed by atoms with Gasteiger partial charge in [-0.2, -0.15) is 5.26 Å². The van der Waals surface area contributed by atoms with E-state index in [0.717, 1.165) is 16.8 Å². The molecule has 3 N–H and O–H groups in total. The third kappa shape index (κ3) is 9.13. The smallest absolute Gasteiger partial charge is 0.550 e. The van der Waals surface area contributed by atoms with Crippen molar-refractivity contribution in [2.24, 2.45) is 0 Å². The summed E-state index contributed by atoms with van der Waals surface area (Å²) in [5, 5.41) is 44.0. The zero-order chi connectivity index (χ0) is 31.8. The van der Waals surface area contributed by atoms with Gasteiger partial charge >= 0.3 is 29.6 Å². The largest absolute Gasteiger partial charge is 1.00 e. The van der Waals surface area contributed by atoms with Gasteiger partial charge in [-0.1, -0.05) is 54.6 Å². The molecule has 1 aromatic heterocycles. The number of carbonyl (C=O) groups excluding carboxylic acids is 2. The van der Waals surface area contributed by atoms with Crippen molar-refractivity contribution in [3.8, 4) is 28.3 Å². The van der Waals surface area contributed by atoms with Crippen LogP contribution in [0.25, 0.3) is 22.3 Å². The zero-order valence-electron chi connectivity index (χ0n) is 25.7. The third-order valence-corrected chi connectivity index (χ3v) is 7.40. The Morgan fingerprint density at radius 1 is 0.956 bits per heavy atom. The van der Waals surface area contributed by atoms with Crippen molar-refractivity contribution >= 4 is 11.9 Å². The second-order valence-electron chi connectivity index (χ2n) is 11.0. The van der Waals surface area contributed by atoms with Crippen molar-refractivity contribution in [1.29, 1.82) is 5.26 Å². The number of hydrogen-bond acceptors (Lipinski definition) is 6. The van der Waals surface area contributed by atoms with E-state index in [2.05, 4.69) is 11.4 Å². The molecule has 0 aliphatic heterocycles. The minimum atomic E-state index is -1.40. The molecule has 228 valence electrons. The maximum absolute atomic E-state index is 14.1. The van der Waals surface area contributed by atoms with Crippen LogP contribution in [0.4, 0.5) is 4.39 Å². The van der Waals surface area contributed by atoms with Crippen LogP contribution in [-0.2, 0) is 17.8 Å². The van der Waals surface area contributed by atoms with Gasteiger partial charge in [0, 0.05) is 41.8 Å². The van der Waals surface area contributed by atoms with Crippen molar-refractivity contribution in [3.05, 3.63) is 107 Å². The topological polar surface area (TPSA) is 138 Å². The van der Waals surface area contributed by atoms with Gasteiger partial charge in [0.25, 0.3) is 5.91 Å². The number of aromatic nitrogens is 1. The summed E-state index contributed by atoms with van der Waals surface area (Å²) >= 11 is 0. The van der Waals surface area contributed by atoms with Gasteiger partial charge in [0.1, 0.15) is 11.5 Å². The molecular formula is C35H35FN3NaO5. The second kappa shape index (κ2) is 16.5. The number of benzene rings is 3. The Morgan fingerprint density at radius 2 is 1.62 bits per heavy atom. The number of aliphatic hydroxyl groups excluding tert-OH is 2. The van der Waals surface area contributed by atoms with Crippen LogP contribution in [0.1, 0.15) is 66.5 Å². The molecule has 3 aromatic carbocycles. The average molecular weight is 620 g/mol. The summed E-state index contributed by atoms with van der Waals surface area (Å²) in [6, 6.07) is 24.3. The Morgan fingerprint density at radius 3 is 2.24 bits per heavy atom. The van der Waals surface area contributed by atoms with Gasteiger partial charge in [0.15, 0.2) is 0 Å². The Kier molecular flexibility index (Phi) is 13.1. The quantitative estimate of drug-likeness (QED) is 0.194. The SMILES string of the molecule is CC(C)n1c(CC[C@@H](O)C[C@@H](O)CC(=O)[O-])c(-c2ccc(F)cc2)c(-c2ccccc2)c1C(=O)NCc1cccc(C#N)c1.[Na+]. The fraction of sp³-hybridized carbons (Fsp3) is 0.286. The third-order valence-electron chi connectivity index (χ3n) is 7.40. The normalized spacial score (nSPS) is 12.2. The monoisotopic (exact) mass is 619 g/mol. The Hall–Kier alpha value is -3.78. The molecule has 0 radical (unpaired) electrons. The van der Waals surface area contributed by atoms with Crippen LogP contribution in [0.3, 0.4) is 0 Å². The number of aliphatic carboxylic acids is 1. The van der Waals surface area contributed by atoms with E-state index in [-0.39, 0.29) is 67.3 Å². The predicted molar refractivity (Wildman–Crippen MR) is 163 cm³/mol. The molecule has 1 heterocycles. The first-order valence-corrected chi connectivity index (χ1v) is 14.5. The molecule has 0 saturated heterocycles. The van der Waals surface area contributed by atoms with Crippen molar-refractivity contribution < 1.29 is 58.9 Å². The number of hydrogen-bond donors (Lipinski definition) is 3. The van der Waals surface area contributed by atoms with Crippen LogP contribution in [-0.4, -0.2) is 38.9 Å². The molecule has 0 bridgehead atoms. The van der Waals surface area contributed by atoms with E-state index in [0.29, 0.717) is 27.9 Å². The molecule has 0 spiro atoms. The molecule has 0 saturated carbocycles. The number of amides is 1. The average Bonchev–Trinajstić information content (AvgIpc) is 3.35. The minimum absolute atomic E-state index is 0. The fourth-order valence-corrected chi connectivity index (χ4v) is 5.52. The maximum atomic E-state index is 14.1. The number of nitriles is 1. The molecule has 0 fully saturated rings. The molecule has 2 atom stereocenters. The van der Waals surface area contributed by atoms with Crippen LogP contribution < -0.4 is 40.0 Å². The number of carboxylic acid groups (broad SMARTS) is 1. The van der Waals surface area contributed by atoms with Gasteiger partial charge < -0.3 is 30.0 Å². The summed E-state index contributed by atoms with van der Waals surface area (Å²) in [5.41, 5.74) is 5.18. The number of aliphatic hydroxyl groups is 2. The Balaban J connectivity index is 0.00000552. The number of rotatable bonds is 13. The maximum Gasteiger partial charge on any atom is 1.00 e. The molecule has 8 nitrogen and oxygen atoms in total. The minimum Gasteiger partial charge on any atom is -0.550 e. The first kappa shape index (κ1) is 35.7. The molecule has 45 heavy (non-hydrogen) atoms. The number of carbonyl (C=O) groups is 2. The van der Waals surface area contributed by atoms with Gasteiger partial charge in [0.2, 0.25) is 0 Å². The number of nitrogens with zero attached hydrogens (tertiary/aromatic N) is 2. The second-order valence-corrected chi connectivity index (χ2v) is 11.0. The molecule has 4 rings (SSSR count). The molecule has 1 amide bonds. The van der Waals surface area contributed by atoms with Gasteiger partial charge in [-0.3, -0.25) is 4.79 Å². The van der Waals surface area contributed by atoms with Crippen LogP contribution in [0.15, 0.2) is 78.9 Å².